The molecule has 1 aromatic carbocycles. The van der Waals surface area contributed by atoms with Gasteiger partial charge in [-0.25, -0.2) is 0 Å². The summed E-state index contributed by atoms with van der Waals surface area (Å²) in [5.41, 5.74) is 1.40. The van der Waals surface area contributed by atoms with Crippen LogP contribution in [0.15, 0.2) is 24.3 Å². The zero-order valence-electron chi connectivity index (χ0n) is 12.5. The third kappa shape index (κ3) is 5.59. The molecule has 0 spiro atoms. The predicted octanol–water partition coefficient (Wildman–Crippen LogP) is 0.963. The van der Waals surface area contributed by atoms with Crippen LogP contribution >= 0.6 is 0 Å². The molecule has 17 heavy (non-hydrogen) atoms. The van der Waals surface area contributed by atoms with Gasteiger partial charge in [-0.3, -0.25) is 0 Å². The average molecular weight is 257 g/mol. The van der Waals surface area contributed by atoms with Crippen LogP contribution in [0.25, 0.3) is 0 Å². The van der Waals surface area contributed by atoms with Gasteiger partial charge in [0.2, 0.25) is 0 Å². The molecule has 0 unspecified atom stereocenters. The quantitative estimate of drug-likeness (QED) is 0.574. The Hall–Kier alpha value is 0.211. The second-order valence-corrected chi connectivity index (χ2v) is 16.5. The van der Waals surface area contributed by atoms with E-state index < -0.39 is 16.5 Å². The molecule has 1 nitrogen and oxygen atoms in total. The first-order valence-electron chi connectivity index (χ1n) is 5.94. The van der Waals surface area contributed by atoms with E-state index in [9.17, 15) is 0 Å². The molecule has 0 saturated carbocycles. The number of hydrogen-bond acceptors (Lipinski definition) is 1. The predicted molar refractivity (Wildman–Crippen MR) is 77.5 cm³/mol. The maximum absolute atomic E-state index is 3.17. The minimum absolute atomic E-state index is 0. The summed E-state index contributed by atoms with van der Waals surface area (Å²) in [4.78, 5) is 0. The van der Waals surface area contributed by atoms with E-state index in [4.69, 9.17) is 0 Å². The molecule has 0 bridgehead atoms. The molecule has 0 aliphatic rings. The van der Waals surface area contributed by atoms with E-state index in [0.29, 0.717) is 0 Å². The fraction of sp³-hybridized carbons (Fsp3) is 0.538. The molecular weight excluding hydrogens is 233 g/mol. The number of rotatable bonds is 4. The Bertz CT molecular complexity index is 314. The van der Waals surface area contributed by atoms with Crippen molar-refractivity contribution in [2.45, 2.75) is 45.8 Å². The maximum Gasteiger partial charge on any atom is 1.00 e. The van der Waals surface area contributed by atoms with Crippen molar-refractivity contribution in [2.75, 3.05) is 0 Å². The Morgan fingerprint density at radius 1 is 1.06 bits per heavy atom. The van der Waals surface area contributed by atoms with Gasteiger partial charge in [-0.2, -0.15) is 30.3 Å². The molecule has 0 radical (unpaired) electrons. The summed E-state index contributed by atoms with van der Waals surface area (Å²) in [5.74, 6) is 0. The van der Waals surface area contributed by atoms with Crippen molar-refractivity contribution in [3.8, 4) is 0 Å². The summed E-state index contributed by atoms with van der Waals surface area (Å²) in [6, 6.07) is 11.6. The van der Waals surface area contributed by atoms with Gasteiger partial charge in [0.25, 0.3) is 0 Å². The second-order valence-electron chi connectivity index (χ2n) is 6.34. The van der Waals surface area contributed by atoms with Crippen LogP contribution in [0.3, 0.4) is 0 Å². The Morgan fingerprint density at radius 3 is 1.94 bits per heavy atom. The SMILES string of the molecule is C[Si](C)(C)N(Cc1c[c-]ccc1)[Si](C)(C)C.[Li+]. The Morgan fingerprint density at radius 2 is 1.59 bits per heavy atom. The molecule has 0 N–H and O–H groups in total. The summed E-state index contributed by atoms with van der Waals surface area (Å²) in [6.45, 7) is 15.8. The smallest absolute Gasteiger partial charge is 0.352 e. The van der Waals surface area contributed by atoms with Crippen molar-refractivity contribution in [2.24, 2.45) is 0 Å². The van der Waals surface area contributed by atoms with Crippen LogP contribution in [0.5, 0.6) is 0 Å². The number of benzene rings is 1. The summed E-state index contributed by atoms with van der Waals surface area (Å²) in [6.07, 6.45) is 0. The van der Waals surface area contributed by atoms with E-state index in [1.807, 2.05) is 6.07 Å². The van der Waals surface area contributed by atoms with E-state index in [1.54, 1.807) is 0 Å². The van der Waals surface area contributed by atoms with Crippen LogP contribution in [0.4, 0.5) is 0 Å². The first-order valence-corrected chi connectivity index (χ1v) is 12.8. The van der Waals surface area contributed by atoms with Crippen LogP contribution in [0.1, 0.15) is 5.56 Å². The Labute approximate surface area is 121 Å². The summed E-state index contributed by atoms with van der Waals surface area (Å²) < 4.78 is 2.79. The Balaban J connectivity index is 0.00000256. The van der Waals surface area contributed by atoms with Gasteiger partial charge < -0.3 is 4.23 Å². The normalized spacial score (nSPS) is 12.4. The van der Waals surface area contributed by atoms with E-state index in [1.165, 1.54) is 5.56 Å². The van der Waals surface area contributed by atoms with E-state index in [2.05, 4.69) is 67.8 Å². The largest absolute Gasteiger partial charge is 1.00 e. The number of nitrogens with zero attached hydrogens (tertiary/aromatic N) is 1. The molecule has 0 heterocycles. The van der Waals surface area contributed by atoms with Gasteiger partial charge in [0, 0.05) is 0 Å². The van der Waals surface area contributed by atoms with Crippen molar-refractivity contribution in [3.05, 3.63) is 35.9 Å². The van der Waals surface area contributed by atoms with Crippen LogP contribution < -0.4 is 18.9 Å². The Kier molecular flexibility index (Phi) is 6.48. The van der Waals surface area contributed by atoms with Crippen molar-refractivity contribution >= 4 is 16.5 Å². The molecule has 0 atom stereocenters. The third-order valence-corrected chi connectivity index (χ3v) is 10.3. The molecular formula is C13H24LiNSi2. The average Bonchev–Trinajstić information content (AvgIpc) is 2.12. The van der Waals surface area contributed by atoms with E-state index in [0.717, 1.165) is 6.54 Å². The molecule has 0 aliphatic carbocycles. The number of hydrogen-bond donors (Lipinski definition) is 0. The monoisotopic (exact) mass is 257 g/mol. The fourth-order valence-corrected chi connectivity index (χ4v) is 11.6. The van der Waals surface area contributed by atoms with E-state index in [-0.39, 0.29) is 18.9 Å². The van der Waals surface area contributed by atoms with Gasteiger partial charge in [0.15, 0.2) is 0 Å². The molecule has 1 rings (SSSR count). The third-order valence-electron chi connectivity index (χ3n) is 2.73. The standard InChI is InChI=1S/C13H24NSi2.Li/c1-15(2,3)14(16(4,5)6)12-13-10-8-7-9-11-13;/h7-8,10-11H,12H2,1-6H3;/q-1;+1. The van der Waals surface area contributed by atoms with Crippen molar-refractivity contribution in [1.82, 2.24) is 4.23 Å². The van der Waals surface area contributed by atoms with Crippen LogP contribution in [-0.2, 0) is 6.54 Å². The topological polar surface area (TPSA) is 3.24 Å². The molecule has 0 amide bonds. The van der Waals surface area contributed by atoms with Gasteiger partial charge in [-0.1, -0.05) is 39.3 Å². The zero-order valence-corrected chi connectivity index (χ0v) is 14.5. The maximum atomic E-state index is 3.17. The summed E-state index contributed by atoms with van der Waals surface area (Å²) >= 11 is 0. The molecule has 90 valence electrons. The van der Waals surface area contributed by atoms with E-state index >= 15 is 0 Å². The summed E-state index contributed by atoms with van der Waals surface area (Å²) in [5, 5.41) is 0. The molecule has 4 heteroatoms. The zero-order chi connectivity index (χ0) is 12.4. The minimum atomic E-state index is -1.22. The van der Waals surface area contributed by atoms with Gasteiger partial charge in [-0.15, -0.1) is 5.56 Å². The second kappa shape index (κ2) is 6.40. The fourth-order valence-electron chi connectivity index (χ4n) is 2.19. The van der Waals surface area contributed by atoms with Gasteiger partial charge in [0.05, 0.1) is 0 Å². The molecule has 0 fully saturated rings. The van der Waals surface area contributed by atoms with Gasteiger partial charge >= 0.3 is 18.9 Å². The first kappa shape index (κ1) is 17.2. The van der Waals surface area contributed by atoms with Crippen LogP contribution in [0, 0.1) is 6.07 Å². The summed E-state index contributed by atoms with van der Waals surface area (Å²) in [7, 11) is -2.45. The van der Waals surface area contributed by atoms with Crippen molar-refractivity contribution in [3.63, 3.8) is 0 Å². The van der Waals surface area contributed by atoms with Crippen LogP contribution in [-0.4, -0.2) is 20.7 Å². The molecule has 0 saturated heterocycles. The van der Waals surface area contributed by atoms with Gasteiger partial charge in [0.1, 0.15) is 16.5 Å². The molecule has 0 aromatic heterocycles. The minimum Gasteiger partial charge on any atom is -0.352 e. The molecule has 1 aromatic rings. The van der Waals surface area contributed by atoms with Crippen molar-refractivity contribution in [1.29, 1.82) is 0 Å². The first-order chi connectivity index (χ1) is 7.21. The van der Waals surface area contributed by atoms with Gasteiger partial charge in [-0.05, 0) is 6.54 Å². The van der Waals surface area contributed by atoms with Crippen molar-refractivity contribution < 1.29 is 18.9 Å². The molecule has 0 aliphatic heterocycles. The van der Waals surface area contributed by atoms with Crippen LogP contribution in [0.2, 0.25) is 39.3 Å².